The Hall–Kier alpha value is -1.89. The van der Waals surface area contributed by atoms with Crippen LogP contribution in [-0.2, 0) is 13.5 Å². The highest BCUT2D eigenvalue weighted by Gasteiger charge is 2.16. The van der Waals surface area contributed by atoms with Crippen LogP contribution < -0.4 is 5.73 Å². The van der Waals surface area contributed by atoms with Crippen LogP contribution in [0.1, 0.15) is 38.3 Å². The molecule has 7 heteroatoms. The minimum atomic E-state index is 0.593. The van der Waals surface area contributed by atoms with Gasteiger partial charge in [-0.15, -0.1) is 0 Å². The predicted octanol–water partition coefficient (Wildman–Crippen LogP) is 3.60. The third-order valence-electron chi connectivity index (χ3n) is 3.97. The number of nitrogens with zero attached hydrogens (tertiary/aromatic N) is 5. The molecule has 23 heavy (non-hydrogen) atoms. The number of rotatable bonds is 6. The van der Waals surface area contributed by atoms with E-state index in [1.807, 2.05) is 19.4 Å². The third kappa shape index (κ3) is 3.10. The molecule has 0 aliphatic carbocycles. The Balaban J connectivity index is 2.00. The fourth-order valence-electron chi connectivity index (χ4n) is 2.69. The summed E-state index contributed by atoms with van der Waals surface area (Å²) in [5.41, 5.74) is 9.96. The number of hydrogen-bond donors (Lipinski definition) is 1. The molecule has 3 aromatic heterocycles. The first-order valence-corrected chi connectivity index (χ1v) is 8.71. The zero-order chi connectivity index (χ0) is 16.4. The maximum absolute atomic E-state index is 6.24. The lowest BCUT2D eigenvalue weighted by Crippen LogP contribution is -2.05. The third-order valence-corrected chi connectivity index (χ3v) is 4.84. The number of hydrogen-bond acceptors (Lipinski definition) is 4. The monoisotopic (exact) mass is 376 g/mol. The molecular formula is C16H21BrN6. The van der Waals surface area contributed by atoms with Gasteiger partial charge in [0.1, 0.15) is 5.82 Å². The van der Waals surface area contributed by atoms with Gasteiger partial charge < -0.3 is 5.73 Å². The van der Waals surface area contributed by atoms with Gasteiger partial charge in [-0.2, -0.15) is 14.7 Å². The van der Waals surface area contributed by atoms with E-state index >= 15 is 0 Å². The number of aryl methyl sites for hydroxylation is 2. The van der Waals surface area contributed by atoms with Crippen LogP contribution in [0.15, 0.2) is 23.1 Å². The Morgan fingerprint density at radius 2 is 2.00 bits per heavy atom. The minimum absolute atomic E-state index is 0.593. The van der Waals surface area contributed by atoms with Gasteiger partial charge >= 0.3 is 0 Å². The van der Waals surface area contributed by atoms with E-state index in [1.165, 1.54) is 19.3 Å². The van der Waals surface area contributed by atoms with E-state index in [-0.39, 0.29) is 0 Å². The van der Waals surface area contributed by atoms with E-state index in [9.17, 15) is 0 Å². The lowest BCUT2D eigenvalue weighted by atomic mass is 10.1. The molecule has 2 N–H and O–H groups in total. The highest BCUT2D eigenvalue weighted by Crippen LogP contribution is 2.30. The summed E-state index contributed by atoms with van der Waals surface area (Å²) in [4.78, 5) is 4.82. The van der Waals surface area contributed by atoms with E-state index < -0.39 is 0 Å². The smallest absolute Gasteiger partial charge is 0.165 e. The van der Waals surface area contributed by atoms with Gasteiger partial charge in [-0.1, -0.05) is 26.2 Å². The Bertz CT molecular complexity index is 819. The predicted molar refractivity (Wildman–Crippen MR) is 95.1 cm³/mol. The molecule has 0 aromatic carbocycles. The van der Waals surface area contributed by atoms with E-state index in [2.05, 4.69) is 33.1 Å². The highest BCUT2D eigenvalue weighted by molar-refractivity contribution is 9.10. The van der Waals surface area contributed by atoms with E-state index in [0.717, 1.165) is 39.8 Å². The summed E-state index contributed by atoms with van der Waals surface area (Å²) in [6.07, 6.45) is 11.3. The number of halogens is 1. The molecule has 0 spiro atoms. The first kappa shape index (κ1) is 16.0. The van der Waals surface area contributed by atoms with Gasteiger partial charge in [-0.3, -0.25) is 4.68 Å². The number of unbranched alkanes of at least 4 members (excludes halogenated alkanes) is 3. The van der Waals surface area contributed by atoms with Crippen molar-refractivity contribution in [3.05, 3.63) is 28.8 Å². The molecule has 0 unspecified atom stereocenters. The van der Waals surface area contributed by atoms with E-state index in [1.54, 1.807) is 15.4 Å². The fourth-order valence-corrected chi connectivity index (χ4v) is 3.15. The second-order valence-corrected chi connectivity index (χ2v) is 6.56. The summed E-state index contributed by atoms with van der Waals surface area (Å²) in [6, 6.07) is 0. The SMILES string of the molecule is CCCCCCc1nc2c(-c3cnn(C)c3)cnn2c(N)c1Br. The molecule has 3 aromatic rings. The first-order chi connectivity index (χ1) is 11.1. The molecule has 122 valence electrons. The van der Waals surface area contributed by atoms with Crippen LogP contribution in [0, 0.1) is 0 Å². The van der Waals surface area contributed by atoms with E-state index in [4.69, 9.17) is 10.7 Å². The van der Waals surface area contributed by atoms with Crippen molar-refractivity contribution in [2.75, 3.05) is 5.73 Å². The molecule has 6 nitrogen and oxygen atoms in total. The average molecular weight is 377 g/mol. The maximum Gasteiger partial charge on any atom is 0.165 e. The molecular weight excluding hydrogens is 356 g/mol. The Kier molecular flexibility index (Phi) is 4.66. The average Bonchev–Trinajstić information content (AvgIpc) is 3.14. The summed E-state index contributed by atoms with van der Waals surface area (Å²) in [6.45, 7) is 2.21. The number of anilines is 1. The summed E-state index contributed by atoms with van der Waals surface area (Å²) in [5, 5.41) is 8.60. The van der Waals surface area contributed by atoms with Crippen molar-refractivity contribution in [1.82, 2.24) is 24.4 Å². The summed E-state index contributed by atoms with van der Waals surface area (Å²) >= 11 is 3.58. The van der Waals surface area contributed by atoms with Crippen molar-refractivity contribution >= 4 is 27.4 Å². The lowest BCUT2D eigenvalue weighted by molar-refractivity contribution is 0.659. The Morgan fingerprint density at radius 1 is 1.17 bits per heavy atom. The van der Waals surface area contributed by atoms with Gasteiger partial charge in [-0.05, 0) is 28.8 Å². The van der Waals surface area contributed by atoms with Crippen molar-refractivity contribution in [3.63, 3.8) is 0 Å². The molecule has 0 amide bonds. The molecule has 3 rings (SSSR count). The van der Waals surface area contributed by atoms with Crippen LogP contribution in [0.25, 0.3) is 16.8 Å². The van der Waals surface area contributed by atoms with Crippen LogP contribution >= 0.6 is 15.9 Å². The van der Waals surface area contributed by atoms with Gasteiger partial charge in [0.2, 0.25) is 0 Å². The molecule has 0 saturated heterocycles. The van der Waals surface area contributed by atoms with Crippen LogP contribution in [-0.4, -0.2) is 24.4 Å². The van der Waals surface area contributed by atoms with Gasteiger partial charge in [-0.25, -0.2) is 4.98 Å². The number of fused-ring (bicyclic) bond motifs is 1. The molecule has 3 heterocycles. The van der Waals surface area contributed by atoms with Gasteiger partial charge in [0.25, 0.3) is 0 Å². The molecule has 0 fully saturated rings. The Labute approximate surface area is 143 Å². The van der Waals surface area contributed by atoms with Crippen LogP contribution in [0.3, 0.4) is 0 Å². The van der Waals surface area contributed by atoms with Crippen molar-refractivity contribution in [1.29, 1.82) is 0 Å². The summed E-state index contributed by atoms with van der Waals surface area (Å²) in [5.74, 6) is 0.593. The molecule has 0 radical (unpaired) electrons. The van der Waals surface area contributed by atoms with Gasteiger partial charge in [0.05, 0.1) is 22.6 Å². The van der Waals surface area contributed by atoms with Gasteiger partial charge in [0.15, 0.2) is 5.65 Å². The number of nitrogen functional groups attached to an aromatic ring is 1. The normalized spacial score (nSPS) is 11.4. The van der Waals surface area contributed by atoms with E-state index in [0.29, 0.717) is 5.82 Å². The zero-order valence-corrected chi connectivity index (χ0v) is 15.0. The summed E-state index contributed by atoms with van der Waals surface area (Å²) in [7, 11) is 1.90. The molecule has 0 bridgehead atoms. The second-order valence-electron chi connectivity index (χ2n) is 5.76. The largest absolute Gasteiger partial charge is 0.383 e. The topological polar surface area (TPSA) is 74.0 Å². The molecule has 0 atom stereocenters. The standard InChI is InChI=1S/C16H21BrN6/c1-3-4-5-6-7-13-14(17)15(18)23-16(21-13)12(9-20-23)11-8-19-22(2)10-11/h8-10H,3-7,18H2,1-2H3. The first-order valence-electron chi connectivity index (χ1n) is 7.92. The number of aromatic nitrogens is 5. The van der Waals surface area contributed by atoms with Crippen LogP contribution in [0.5, 0.6) is 0 Å². The minimum Gasteiger partial charge on any atom is -0.383 e. The van der Waals surface area contributed by atoms with Crippen molar-refractivity contribution in [2.24, 2.45) is 7.05 Å². The Morgan fingerprint density at radius 3 is 2.70 bits per heavy atom. The molecule has 0 saturated carbocycles. The molecule has 0 aliphatic rings. The van der Waals surface area contributed by atoms with Crippen molar-refractivity contribution in [3.8, 4) is 11.1 Å². The number of nitrogens with two attached hydrogens (primary N) is 1. The van der Waals surface area contributed by atoms with Crippen LogP contribution in [0.2, 0.25) is 0 Å². The van der Waals surface area contributed by atoms with Crippen molar-refractivity contribution < 1.29 is 0 Å². The second kappa shape index (κ2) is 6.70. The van der Waals surface area contributed by atoms with Crippen LogP contribution in [0.4, 0.5) is 5.82 Å². The van der Waals surface area contributed by atoms with Gasteiger partial charge in [0, 0.05) is 24.4 Å². The lowest BCUT2D eigenvalue weighted by Gasteiger charge is -2.09. The quantitative estimate of drug-likeness (QED) is 0.666. The van der Waals surface area contributed by atoms with Crippen molar-refractivity contribution in [2.45, 2.75) is 39.0 Å². The molecule has 0 aliphatic heterocycles. The summed E-state index contributed by atoms with van der Waals surface area (Å²) < 4.78 is 4.30. The zero-order valence-electron chi connectivity index (χ0n) is 13.5. The highest BCUT2D eigenvalue weighted by atomic mass is 79.9. The fraction of sp³-hybridized carbons (Fsp3) is 0.438. The maximum atomic E-state index is 6.24.